The zero-order chi connectivity index (χ0) is 19.7. The van der Waals surface area contributed by atoms with E-state index >= 15 is 0 Å². The summed E-state index contributed by atoms with van der Waals surface area (Å²) < 4.78 is 28.3. The molecule has 2 aliphatic heterocycles. The van der Waals surface area contributed by atoms with Crippen molar-refractivity contribution in [1.29, 1.82) is 0 Å². The van der Waals surface area contributed by atoms with Crippen molar-refractivity contribution >= 4 is 21.6 Å². The van der Waals surface area contributed by atoms with Crippen molar-refractivity contribution in [1.82, 2.24) is 9.73 Å². The lowest BCUT2D eigenvalue weighted by Crippen LogP contribution is -2.43. The molecule has 152 valence electrons. The molecule has 0 aromatic heterocycles. The van der Waals surface area contributed by atoms with E-state index in [2.05, 4.69) is 10.5 Å². The standard InChI is InChI=1S/C21H29N3O3S/c1-15-10-11-16(20-17-8-4-5-9-18(17)21(25)23-22-20)14-19(15)28(26,27)24-12-6-2-3-7-13-24/h10-11,14,17-18H,2-9,12-13H2,1H3,(H,23,25)/t17-,18+/m0/s1. The Hall–Kier alpha value is -1.73. The van der Waals surface area contributed by atoms with E-state index in [0.29, 0.717) is 18.0 Å². The monoisotopic (exact) mass is 403 g/mol. The van der Waals surface area contributed by atoms with Gasteiger partial charge in [0.05, 0.1) is 10.6 Å². The van der Waals surface area contributed by atoms with Gasteiger partial charge in [-0.15, -0.1) is 0 Å². The first-order valence-electron chi connectivity index (χ1n) is 10.5. The smallest absolute Gasteiger partial charge is 0.243 e. The average Bonchev–Trinajstić information content (AvgIpc) is 2.99. The van der Waals surface area contributed by atoms with Gasteiger partial charge in [-0.25, -0.2) is 13.8 Å². The normalized spacial score (nSPS) is 26.8. The van der Waals surface area contributed by atoms with Crippen molar-refractivity contribution in [3.8, 4) is 0 Å². The molecule has 0 spiro atoms. The number of nitrogens with one attached hydrogen (secondary N) is 1. The second-order valence-electron chi connectivity index (χ2n) is 8.27. The molecule has 4 rings (SSSR count). The third kappa shape index (κ3) is 3.62. The highest BCUT2D eigenvalue weighted by Crippen LogP contribution is 2.36. The van der Waals surface area contributed by atoms with Gasteiger partial charge in [-0.3, -0.25) is 4.79 Å². The van der Waals surface area contributed by atoms with Crippen molar-refractivity contribution in [2.45, 2.75) is 63.2 Å². The van der Waals surface area contributed by atoms with Crippen LogP contribution in [0.15, 0.2) is 28.2 Å². The van der Waals surface area contributed by atoms with E-state index in [1.165, 1.54) is 0 Å². The van der Waals surface area contributed by atoms with Crippen LogP contribution in [-0.2, 0) is 14.8 Å². The van der Waals surface area contributed by atoms with Crippen LogP contribution in [0.2, 0.25) is 0 Å². The van der Waals surface area contributed by atoms with Crippen molar-refractivity contribution in [2.24, 2.45) is 16.9 Å². The lowest BCUT2D eigenvalue weighted by atomic mass is 9.74. The Morgan fingerprint density at radius 3 is 2.39 bits per heavy atom. The SMILES string of the molecule is Cc1ccc(C2=NNC(=O)[C@@H]3CCCC[C@H]23)cc1S(=O)(=O)N1CCCCCC1. The van der Waals surface area contributed by atoms with Crippen LogP contribution in [0.25, 0.3) is 0 Å². The maximum absolute atomic E-state index is 13.3. The molecule has 1 aromatic carbocycles. The summed E-state index contributed by atoms with van der Waals surface area (Å²) in [6.45, 7) is 3.03. The number of nitrogens with zero attached hydrogens (tertiary/aromatic N) is 2. The van der Waals surface area contributed by atoms with Gasteiger partial charge < -0.3 is 0 Å². The van der Waals surface area contributed by atoms with Gasteiger partial charge in [0.1, 0.15) is 0 Å². The number of hydrogen-bond donors (Lipinski definition) is 1. The predicted molar refractivity (Wildman–Crippen MR) is 109 cm³/mol. The lowest BCUT2D eigenvalue weighted by molar-refractivity contribution is -0.127. The van der Waals surface area contributed by atoms with Gasteiger partial charge in [-0.2, -0.15) is 9.41 Å². The highest BCUT2D eigenvalue weighted by atomic mass is 32.2. The highest BCUT2D eigenvalue weighted by molar-refractivity contribution is 7.89. The van der Waals surface area contributed by atoms with Crippen LogP contribution in [0.5, 0.6) is 0 Å². The summed E-state index contributed by atoms with van der Waals surface area (Å²) in [5.74, 6) is 0.0325. The summed E-state index contributed by atoms with van der Waals surface area (Å²) in [5, 5.41) is 4.35. The maximum atomic E-state index is 13.3. The number of carbonyl (C=O) groups is 1. The molecule has 6 nitrogen and oxygen atoms in total. The van der Waals surface area contributed by atoms with Gasteiger partial charge in [0, 0.05) is 24.9 Å². The van der Waals surface area contributed by atoms with Crippen LogP contribution >= 0.6 is 0 Å². The average molecular weight is 404 g/mol. The topological polar surface area (TPSA) is 78.8 Å². The second-order valence-corrected chi connectivity index (χ2v) is 10.2. The van der Waals surface area contributed by atoms with Crippen LogP contribution in [0.3, 0.4) is 0 Å². The number of sulfonamides is 1. The first-order chi connectivity index (χ1) is 13.5. The van der Waals surface area contributed by atoms with E-state index in [1.807, 2.05) is 19.1 Å². The Kier molecular flexibility index (Phi) is 5.56. The van der Waals surface area contributed by atoms with Crippen LogP contribution < -0.4 is 5.43 Å². The van der Waals surface area contributed by atoms with Crippen molar-refractivity contribution in [2.75, 3.05) is 13.1 Å². The van der Waals surface area contributed by atoms with Crippen LogP contribution in [0.1, 0.15) is 62.5 Å². The minimum Gasteiger partial charge on any atom is -0.273 e. The van der Waals surface area contributed by atoms with E-state index in [0.717, 1.165) is 68.2 Å². The molecular weight excluding hydrogens is 374 g/mol. The molecule has 1 saturated heterocycles. The Labute approximate surface area is 167 Å². The minimum absolute atomic E-state index is 0.00188. The molecule has 1 N–H and O–H groups in total. The molecule has 1 aliphatic carbocycles. The fraction of sp³-hybridized carbons (Fsp3) is 0.619. The molecule has 1 amide bonds. The van der Waals surface area contributed by atoms with Crippen molar-refractivity contribution in [3.63, 3.8) is 0 Å². The zero-order valence-electron chi connectivity index (χ0n) is 16.5. The quantitative estimate of drug-likeness (QED) is 0.842. The van der Waals surface area contributed by atoms with E-state index < -0.39 is 10.0 Å². The summed E-state index contributed by atoms with van der Waals surface area (Å²) in [4.78, 5) is 12.6. The van der Waals surface area contributed by atoms with Crippen LogP contribution in [0, 0.1) is 18.8 Å². The number of fused-ring (bicyclic) bond motifs is 1. The predicted octanol–water partition coefficient (Wildman–Crippen LogP) is 3.20. The number of carbonyl (C=O) groups excluding carboxylic acids is 1. The Morgan fingerprint density at radius 1 is 1.00 bits per heavy atom. The highest BCUT2D eigenvalue weighted by Gasteiger charge is 2.38. The van der Waals surface area contributed by atoms with Gasteiger partial charge in [0.2, 0.25) is 15.9 Å². The molecule has 0 unspecified atom stereocenters. The molecule has 2 heterocycles. The Bertz CT molecular complexity index is 886. The molecule has 3 aliphatic rings. The third-order valence-corrected chi connectivity index (χ3v) is 8.45. The summed E-state index contributed by atoms with van der Waals surface area (Å²) >= 11 is 0. The minimum atomic E-state index is -3.53. The first-order valence-corrected chi connectivity index (χ1v) is 11.9. The fourth-order valence-electron chi connectivity index (χ4n) is 4.79. The molecule has 0 radical (unpaired) electrons. The number of rotatable bonds is 3. The summed E-state index contributed by atoms with van der Waals surface area (Å²) in [6, 6.07) is 5.59. The van der Waals surface area contributed by atoms with Crippen LogP contribution in [-0.4, -0.2) is 37.4 Å². The van der Waals surface area contributed by atoms with Gasteiger partial charge in [0.15, 0.2) is 0 Å². The van der Waals surface area contributed by atoms with Crippen molar-refractivity contribution in [3.05, 3.63) is 29.3 Å². The molecule has 1 aromatic rings. The van der Waals surface area contributed by atoms with E-state index in [4.69, 9.17) is 0 Å². The number of aryl methyl sites for hydroxylation is 1. The molecule has 7 heteroatoms. The molecule has 0 bridgehead atoms. The number of amides is 1. The number of benzene rings is 1. The molecule has 2 fully saturated rings. The molecule has 2 atom stereocenters. The number of hydrogen-bond acceptors (Lipinski definition) is 4. The van der Waals surface area contributed by atoms with E-state index in [9.17, 15) is 13.2 Å². The molecular formula is C21H29N3O3S. The lowest BCUT2D eigenvalue weighted by Gasteiger charge is -2.34. The van der Waals surface area contributed by atoms with Gasteiger partial charge >= 0.3 is 0 Å². The third-order valence-electron chi connectivity index (χ3n) is 6.41. The largest absolute Gasteiger partial charge is 0.273 e. The van der Waals surface area contributed by atoms with Gasteiger partial charge in [0.25, 0.3) is 0 Å². The zero-order valence-corrected chi connectivity index (χ0v) is 17.3. The van der Waals surface area contributed by atoms with Crippen molar-refractivity contribution < 1.29 is 13.2 Å². The maximum Gasteiger partial charge on any atom is 0.243 e. The summed E-state index contributed by atoms with van der Waals surface area (Å²) in [7, 11) is -3.53. The van der Waals surface area contributed by atoms with E-state index in [1.54, 1.807) is 10.4 Å². The fourth-order valence-corrected chi connectivity index (χ4v) is 6.56. The Morgan fingerprint density at radius 2 is 1.68 bits per heavy atom. The number of hydrazone groups is 1. The molecule has 1 saturated carbocycles. The van der Waals surface area contributed by atoms with E-state index in [-0.39, 0.29) is 17.7 Å². The first kappa shape index (κ1) is 19.6. The molecule has 28 heavy (non-hydrogen) atoms. The van der Waals surface area contributed by atoms with Gasteiger partial charge in [-0.1, -0.05) is 37.8 Å². The summed E-state index contributed by atoms with van der Waals surface area (Å²) in [6.07, 6.45) is 7.96. The van der Waals surface area contributed by atoms with Gasteiger partial charge in [-0.05, 0) is 49.8 Å². The second kappa shape index (κ2) is 7.95. The summed E-state index contributed by atoms with van der Waals surface area (Å²) in [5.41, 5.74) is 5.07. The Balaban J connectivity index is 1.70. The van der Waals surface area contributed by atoms with Crippen LogP contribution in [0.4, 0.5) is 0 Å².